The molecule has 95 heavy (non-hydrogen) atoms. The van der Waals surface area contributed by atoms with Gasteiger partial charge in [0.05, 0.1) is 42.7 Å². The number of hydrogen-bond donors (Lipinski definition) is 7. The molecule has 0 unspecified atom stereocenters. The van der Waals surface area contributed by atoms with Gasteiger partial charge in [-0.3, -0.25) is 9.80 Å². The third kappa shape index (κ3) is 37.9. The molecule has 0 amide bonds. The van der Waals surface area contributed by atoms with Gasteiger partial charge in [0.2, 0.25) is 0 Å². The first-order chi connectivity index (χ1) is 44.0. The van der Waals surface area contributed by atoms with Crippen molar-refractivity contribution in [2.75, 3.05) is 121 Å². The van der Waals surface area contributed by atoms with E-state index in [-0.39, 0.29) is 106 Å². The van der Waals surface area contributed by atoms with Gasteiger partial charge in [-0.2, -0.15) is 0 Å². The summed E-state index contributed by atoms with van der Waals surface area (Å²) in [6, 6.07) is 31.8. The van der Waals surface area contributed by atoms with E-state index in [1.54, 1.807) is 66.7 Å². The fraction of sp³-hybridized carbons (Fsp3) is 0.400. The molecular formula is C60H79Cl2DyN8Ni2O22. The number of hydrogen-bond acceptors (Lipinski definition) is 30. The van der Waals surface area contributed by atoms with Crippen LogP contribution in [-0.2, 0) is 72.3 Å². The van der Waals surface area contributed by atoms with E-state index in [0.717, 1.165) is 44.8 Å². The van der Waals surface area contributed by atoms with Crippen LogP contribution in [0, 0.1) is 68.6 Å². The van der Waals surface area contributed by atoms with Crippen molar-refractivity contribution in [2.24, 2.45) is 0 Å². The maximum atomic E-state index is 12.4. The Bertz CT molecular complexity index is 2530. The molecule has 0 bridgehead atoms. The summed E-state index contributed by atoms with van der Waals surface area (Å²) in [5.41, 5.74) is 4.08. The third-order valence-corrected chi connectivity index (χ3v) is 13.2. The largest absolute Gasteiger partial charge is 3.00 e. The standard InChI is InChI=1S/2C30H42N4O6.2ClHO4.Dy.2Ni.O2/c2*1-38-25-10-4-7-22(28(25)35)19-31-13-16-34(17-14-32-20-23-8-5-11-26(39-2)29(23)36)18-15-33-21-24-9-6-12-27(40-3)30(24)37;2*2-1(3,4)5;;;;1-2/h2*4-12,31-33,35-37H,13-21H2,1-3H3;2*(H,2,3,4,5);;;;/q;;;;+3;2*+2;/p-7. The number of nitrogens with zero attached hydrogens (tertiary/aromatic N) is 2. The molecule has 7 N–H and O–H groups in total. The Kier molecular flexibility index (Phi) is 50.1. The van der Waals surface area contributed by atoms with Crippen LogP contribution >= 0.6 is 0 Å². The van der Waals surface area contributed by atoms with E-state index < -0.39 is 20.5 Å². The van der Waals surface area contributed by atoms with Crippen molar-refractivity contribution >= 4 is 0 Å². The van der Waals surface area contributed by atoms with E-state index in [0.29, 0.717) is 141 Å². The predicted molar refractivity (Wildman–Crippen MR) is 307 cm³/mol. The maximum absolute atomic E-state index is 12.4. The Hall–Kier alpha value is -5.28. The quantitative estimate of drug-likeness (QED) is 0.0142. The number of para-hydroxylation sites is 6. The second-order valence-electron chi connectivity index (χ2n) is 19.2. The van der Waals surface area contributed by atoms with Gasteiger partial charge in [0.25, 0.3) is 0 Å². The van der Waals surface area contributed by atoms with Gasteiger partial charge < -0.3 is 91.0 Å². The SMILES string of the molecule is COc1cccc(CNCCN(CCNCc2cccc(OC)c2[O-])CCNCc2cccc(OC)c2O)c1[O-].COc1cccc(CNCCN(CCNCc2cccc(OC)c2[O-])CCNCc2cccc(OC)c2[O-])c1[O-].O=O.[Dy+3].[Ni+2].[Ni+2].[O-][Cl+3]([O-])([O-])[O-].[O-][Cl+3]([O-])([O-])[O-]. The van der Waals surface area contributed by atoms with E-state index in [1.807, 2.05) is 42.5 Å². The van der Waals surface area contributed by atoms with Crippen LogP contribution in [0.4, 0.5) is 0 Å². The van der Waals surface area contributed by atoms with E-state index in [1.165, 1.54) is 42.7 Å². The average Bonchev–Trinajstić information content (AvgIpc) is 0.970. The van der Waals surface area contributed by atoms with Gasteiger partial charge in [0.1, 0.15) is 28.7 Å². The molecule has 35 heteroatoms. The molecule has 0 aliphatic heterocycles. The van der Waals surface area contributed by atoms with Crippen molar-refractivity contribution in [3.63, 3.8) is 0 Å². The predicted octanol–water partition coefficient (Wildman–Crippen LogP) is -7.01. The number of halogens is 2. The molecule has 0 spiro atoms. The first-order valence-electron chi connectivity index (χ1n) is 28.0. The molecule has 0 saturated heterocycles. The molecule has 0 aliphatic carbocycles. The van der Waals surface area contributed by atoms with Crippen molar-refractivity contribution < 1.29 is 188 Å². The normalized spacial score (nSPS) is 10.7. The first kappa shape index (κ1) is 91.8. The van der Waals surface area contributed by atoms with E-state index >= 15 is 0 Å². The number of ether oxygens (including phenoxy) is 6. The van der Waals surface area contributed by atoms with Gasteiger partial charge >= 0.3 is 71.2 Å². The fourth-order valence-electron chi connectivity index (χ4n) is 8.61. The molecule has 30 nitrogen and oxygen atoms in total. The smallest absolute Gasteiger partial charge is 0.870 e. The second-order valence-corrected chi connectivity index (χ2v) is 20.7. The first-order valence-corrected chi connectivity index (χ1v) is 30.5. The number of phenols is 1. The van der Waals surface area contributed by atoms with Gasteiger partial charge in [-0.1, -0.05) is 102 Å². The van der Waals surface area contributed by atoms with Gasteiger partial charge in [-0.05, 0) is 64.2 Å². The summed E-state index contributed by atoms with van der Waals surface area (Å²) in [4.78, 5) is 18.6. The Labute approximate surface area is 607 Å². The van der Waals surface area contributed by atoms with Crippen LogP contribution in [0.3, 0.4) is 0 Å². The summed E-state index contributed by atoms with van der Waals surface area (Å²) in [6.45, 7) is 11.4. The molecule has 535 valence electrons. The van der Waals surface area contributed by atoms with Crippen LogP contribution in [0.2, 0.25) is 0 Å². The van der Waals surface area contributed by atoms with E-state index in [9.17, 15) is 30.6 Å². The average molecular weight is 1620 g/mol. The number of nitrogens with one attached hydrogen (secondary N) is 6. The molecule has 0 aliphatic rings. The van der Waals surface area contributed by atoms with Crippen LogP contribution in [-0.4, -0.2) is 136 Å². The van der Waals surface area contributed by atoms with Crippen molar-refractivity contribution in [3.8, 4) is 69.0 Å². The Morgan fingerprint density at radius 1 is 0.326 bits per heavy atom. The van der Waals surface area contributed by atoms with Gasteiger partial charge in [0, 0.05) is 133 Å². The summed E-state index contributed by atoms with van der Waals surface area (Å²) < 4.78 is 98.8. The molecule has 0 aromatic heterocycles. The molecule has 0 atom stereocenters. The molecule has 0 saturated carbocycles. The van der Waals surface area contributed by atoms with Crippen LogP contribution in [0.25, 0.3) is 0 Å². The number of benzene rings is 6. The fourth-order valence-corrected chi connectivity index (χ4v) is 8.61. The minimum Gasteiger partial charge on any atom is -0.870 e. The zero-order chi connectivity index (χ0) is 68.5. The third-order valence-electron chi connectivity index (χ3n) is 13.2. The summed E-state index contributed by atoms with van der Waals surface area (Å²) in [6.07, 6.45) is 0. The van der Waals surface area contributed by atoms with Crippen molar-refractivity contribution in [3.05, 3.63) is 153 Å². The molecule has 6 rings (SSSR count). The molecule has 1 radical (unpaired) electrons. The molecular weight excluding hydrogens is 1540 g/mol. The van der Waals surface area contributed by atoms with Gasteiger partial charge in [-0.25, -0.2) is 37.3 Å². The summed E-state index contributed by atoms with van der Waals surface area (Å²) in [5.74, 6) is 1.80. The number of methoxy groups -OCH3 is 6. The number of phenolic OH excluding ortho intramolecular Hbond substituents is 1. The molecule has 0 fully saturated rings. The number of rotatable bonds is 36. The van der Waals surface area contributed by atoms with Gasteiger partial charge in [0.15, 0.2) is 11.5 Å². The Balaban J connectivity index is 0. The van der Waals surface area contributed by atoms with E-state index in [2.05, 4.69) is 41.7 Å². The van der Waals surface area contributed by atoms with Crippen molar-refractivity contribution in [1.82, 2.24) is 41.7 Å². The zero-order valence-corrected chi connectivity index (χ0v) is 58.3. The monoisotopic (exact) mass is 1610 g/mol. The van der Waals surface area contributed by atoms with E-state index in [4.69, 9.17) is 75.6 Å². The number of aromatic hydroxyl groups is 1. The van der Waals surface area contributed by atoms with Crippen LogP contribution < -0.4 is 123 Å². The van der Waals surface area contributed by atoms with Crippen LogP contribution in [0.5, 0.6) is 69.0 Å². The Morgan fingerprint density at radius 2 is 0.484 bits per heavy atom. The topological polar surface area (TPSA) is 488 Å². The van der Waals surface area contributed by atoms with Crippen LogP contribution in [0.15, 0.2) is 109 Å². The minimum atomic E-state index is -4.94. The van der Waals surface area contributed by atoms with Crippen LogP contribution in [0.1, 0.15) is 33.4 Å². The zero-order valence-electron chi connectivity index (χ0n) is 52.7. The summed E-state index contributed by atoms with van der Waals surface area (Å²) in [7, 11) is -0.888. The van der Waals surface area contributed by atoms with Gasteiger partial charge in [-0.15, -0.1) is 20.5 Å². The summed E-state index contributed by atoms with van der Waals surface area (Å²) in [5, 5.41) is 92.4. The molecule has 6 aromatic rings. The van der Waals surface area contributed by atoms with Crippen molar-refractivity contribution in [1.29, 1.82) is 0 Å². The Morgan fingerprint density at radius 3 is 0.663 bits per heavy atom. The maximum Gasteiger partial charge on any atom is 3.00 e. The molecule has 6 aromatic carbocycles. The summed E-state index contributed by atoms with van der Waals surface area (Å²) >= 11 is 0. The molecule has 0 heterocycles. The second kappa shape index (κ2) is 51.9. The van der Waals surface area contributed by atoms with Crippen molar-refractivity contribution in [2.45, 2.75) is 39.3 Å². The minimum absolute atomic E-state index is 0.